The lowest BCUT2D eigenvalue weighted by atomic mass is 9.65. The van der Waals surface area contributed by atoms with E-state index in [0.717, 1.165) is 35.0 Å². The smallest absolute Gasteiger partial charge is 0.316 e. The lowest BCUT2D eigenvalue weighted by Crippen LogP contribution is -2.61. The monoisotopic (exact) mass is 617 g/mol. The Hall–Kier alpha value is -3.79. The van der Waals surface area contributed by atoms with E-state index in [-0.39, 0.29) is 29.2 Å². The summed E-state index contributed by atoms with van der Waals surface area (Å²) in [5, 5.41) is 8.19. The third-order valence-electron chi connectivity index (χ3n) is 9.63. The minimum Gasteiger partial charge on any atom is -0.451 e. The largest absolute Gasteiger partial charge is 0.451 e. The van der Waals surface area contributed by atoms with Crippen LogP contribution in [0.3, 0.4) is 0 Å². The van der Waals surface area contributed by atoms with Crippen LogP contribution in [-0.4, -0.2) is 58.4 Å². The minimum atomic E-state index is -1.07. The van der Waals surface area contributed by atoms with Gasteiger partial charge in [-0.15, -0.1) is 0 Å². The van der Waals surface area contributed by atoms with Crippen LogP contribution in [0.2, 0.25) is 0 Å². The summed E-state index contributed by atoms with van der Waals surface area (Å²) in [7, 11) is 0. The molecule has 3 N–H and O–H groups in total. The number of pyridine rings is 1. The molecular formula is C35H47N5O5. The first kappa shape index (κ1) is 32.6. The molecule has 45 heavy (non-hydrogen) atoms. The van der Waals surface area contributed by atoms with E-state index in [1.807, 2.05) is 63.3 Å². The molecule has 3 amide bonds. The molecule has 1 saturated heterocycles. The van der Waals surface area contributed by atoms with Crippen molar-refractivity contribution < 1.29 is 23.9 Å². The zero-order chi connectivity index (χ0) is 32.5. The molecule has 5 rings (SSSR count). The van der Waals surface area contributed by atoms with Gasteiger partial charge in [0.2, 0.25) is 5.91 Å². The molecule has 1 aromatic heterocycles. The SMILES string of the molecule is CC(C)[C@@H]1OC(=O)C2(/C=C/c3ccc4ccc(nc4c3)[C@@H](C)NC(=O)[C@@H]3CCCN(N3)C(=O)[C@H](C)NC1=O)CCC(C)(C)CC2. The average molecular weight is 618 g/mol. The Bertz CT molecular complexity index is 1490. The number of hydrogen-bond acceptors (Lipinski definition) is 7. The summed E-state index contributed by atoms with van der Waals surface area (Å²) in [6.45, 7) is 12.0. The number of hydrogen-bond donors (Lipinski definition) is 3. The van der Waals surface area contributed by atoms with Crippen molar-refractivity contribution in [1.29, 1.82) is 0 Å². The number of cyclic esters (lactones) is 1. The van der Waals surface area contributed by atoms with Gasteiger partial charge in [0.1, 0.15) is 12.1 Å². The summed E-state index contributed by atoms with van der Waals surface area (Å²) in [6, 6.07) is 8.00. The van der Waals surface area contributed by atoms with Crippen LogP contribution >= 0.6 is 0 Å². The normalized spacial score (nSPS) is 28.5. The third-order valence-corrected chi connectivity index (χ3v) is 9.63. The van der Waals surface area contributed by atoms with Gasteiger partial charge in [-0.2, -0.15) is 0 Å². The van der Waals surface area contributed by atoms with Crippen LogP contribution in [0.4, 0.5) is 0 Å². The number of nitrogens with zero attached hydrogens (tertiary/aromatic N) is 2. The van der Waals surface area contributed by atoms with E-state index in [0.29, 0.717) is 32.2 Å². The molecule has 1 spiro atoms. The number of benzene rings is 1. The number of aromatic nitrogens is 1. The van der Waals surface area contributed by atoms with Crippen molar-refractivity contribution in [3.63, 3.8) is 0 Å². The molecule has 5 bridgehead atoms. The summed E-state index contributed by atoms with van der Waals surface area (Å²) < 4.78 is 6.05. The first-order chi connectivity index (χ1) is 21.3. The highest BCUT2D eigenvalue weighted by atomic mass is 16.5. The van der Waals surface area contributed by atoms with Crippen LogP contribution in [0.5, 0.6) is 0 Å². The average Bonchev–Trinajstić information content (AvgIpc) is 3.01. The topological polar surface area (TPSA) is 130 Å². The Kier molecular flexibility index (Phi) is 9.35. The first-order valence-electron chi connectivity index (χ1n) is 16.3. The maximum Gasteiger partial charge on any atom is 0.316 e. The highest BCUT2D eigenvalue weighted by Gasteiger charge is 2.45. The molecule has 2 fully saturated rings. The lowest BCUT2D eigenvalue weighted by molar-refractivity contribution is -0.169. The predicted octanol–water partition coefficient (Wildman–Crippen LogP) is 4.59. The fraction of sp³-hybridized carbons (Fsp3) is 0.571. The van der Waals surface area contributed by atoms with Gasteiger partial charge in [-0.1, -0.05) is 58.0 Å². The van der Waals surface area contributed by atoms with Crippen molar-refractivity contribution in [1.82, 2.24) is 26.1 Å². The molecule has 4 atom stereocenters. The highest BCUT2D eigenvalue weighted by Crippen LogP contribution is 2.47. The number of rotatable bonds is 1. The van der Waals surface area contributed by atoms with E-state index in [4.69, 9.17) is 9.72 Å². The van der Waals surface area contributed by atoms with E-state index in [1.165, 1.54) is 5.01 Å². The molecule has 3 heterocycles. The van der Waals surface area contributed by atoms with Gasteiger partial charge >= 0.3 is 5.97 Å². The highest BCUT2D eigenvalue weighted by molar-refractivity contribution is 5.92. The zero-order valence-corrected chi connectivity index (χ0v) is 27.3. The Morgan fingerprint density at radius 2 is 1.62 bits per heavy atom. The summed E-state index contributed by atoms with van der Waals surface area (Å²) in [4.78, 5) is 59.1. The zero-order valence-electron chi connectivity index (χ0n) is 27.3. The Morgan fingerprint density at radius 1 is 0.933 bits per heavy atom. The number of fused-ring (bicyclic) bond motifs is 4. The van der Waals surface area contributed by atoms with Crippen molar-refractivity contribution in [2.75, 3.05) is 6.54 Å². The quantitative estimate of drug-likeness (QED) is 0.399. The van der Waals surface area contributed by atoms with E-state index in [1.54, 1.807) is 6.92 Å². The molecule has 1 aliphatic carbocycles. The molecule has 1 aromatic carbocycles. The number of amides is 3. The number of nitrogens with one attached hydrogen (secondary N) is 3. The van der Waals surface area contributed by atoms with Gasteiger partial charge < -0.3 is 15.4 Å². The van der Waals surface area contributed by atoms with Crippen molar-refractivity contribution >= 4 is 40.7 Å². The Labute approximate surface area is 265 Å². The van der Waals surface area contributed by atoms with Crippen LogP contribution < -0.4 is 16.1 Å². The van der Waals surface area contributed by atoms with E-state index in [2.05, 4.69) is 29.9 Å². The summed E-state index contributed by atoms with van der Waals surface area (Å²) >= 11 is 0. The molecule has 0 unspecified atom stereocenters. The van der Waals surface area contributed by atoms with Crippen LogP contribution in [-0.2, 0) is 23.9 Å². The van der Waals surface area contributed by atoms with Gasteiger partial charge in [-0.25, -0.2) is 5.43 Å². The van der Waals surface area contributed by atoms with Crippen molar-refractivity contribution in [3.05, 3.63) is 47.7 Å². The first-order valence-corrected chi connectivity index (χ1v) is 16.3. The number of carbonyl (C=O) groups is 4. The molecule has 10 nitrogen and oxygen atoms in total. The minimum absolute atomic E-state index is 0.100. The molecule has 3 aliphatic rings. The van der Waals surface area contributed by atoms with Gasteiger partial charge in [0.05, 0.1) is 22.7 Å². The summed E-state index contributed by atoms with van der Waals surface area (Å²) in [5.74, 6) is -1.85. The van der Waals surface area contributed by atoms with E-state index >= 15 is 0 Å². The maximum absolute atomic E-state index is 14.1. The standard InChI is InChI=1S/C35H47N5O5/c1-21(2)29-31(42)37-23(4)32(43)40-19-7-8-27(39-40)30(41)36-22(3)26-12-11-25-10-9-24(20-28(25)38-26)13-14-35(33(44)45-29)17-15-34(5,6)16-18-35/h9-14,20-23,27,29,39H,7-8,15-19H2,1-6H3,(H,36,41)(H,37,42)/b14-13+/t22-,23+,27+,29+/m1/s1. The molecule has 10 heteroatoms. The van der Waals surface area contributed by atoms with Gasteiger partial charge in [-0.05, 0) is 81.4 Å². The number of ether oxygens (including phenoxy) is 1. The van der Waals surface area contributed by atoms with Crippen LogP contribution in [0.1, 0.15) is 97.4 Å². The van der Waals surface area contributed by atoms with Crippen molar-refractivity contribution in [2.24, 2.45) is 16.7 Å². The second-order valence-corrected chi connectivity index (χ2v) is 14.2. The molecule has 2 aromatic rings. The number of carbonyl (C=O) groups excluding carboxylic acids is 4. The fourth-order valence-electron chi connectivity index (χ4n) is 6.40. The van der Waals surface area contributed by atoms with E-state index < -0.39 is 35.5 Å². The Morgan fingerprint density at radius 3 is 2.33 bits per heavy atom. The van der Waals surface area contributed by atoms with Crippen LogP contribution in [0.25, 0.3) is 17.0 Å². The summed E-state index contributed by atoms with van der Waals surface area (Å²) in [5.41, 5.74) is 4.66. The van der Waals surface area contributed by atoms with E-state index in [9.17, 15) is 19.2 Å². The van der Waals surface area contributed by atoms with Crippen LogP contribution in [0.15, 0.2) is 36.4 Å². The summed E-state index contributed by atoms with van der Waals surface area (Å²) in [6.07, 6.45) is 6.90. The second kappa shape index (κ2) is 12.9. The third kappa shape index (κ3) is 7.21. The molecule has 1 saturated carbocycles. The lowest BCUT2D eigenvalue weighted by Gasteiger charge is -2.41. The van der Waals surface area contributed by atoms with Crippen LogP contribution in [0, 0.1) is 16.7 Å². The maximum atomic E-state index is 14.1. The Balaban J connectivity index is 1.54. The number of hydrazine groups is 1. The molecule has 0 radical (unpaired) electrons. The van der Waals surface area contributed by atoms with Gasteiger partial charge in [0, 0.05) is 11.9 Å². The van der Waals surface area contributed by atoms with Gasteiger partial charge in [0.25, 0.3) is 11.8 Å². The predicted molar refractivity (Wildman–Crippen MR) is 172 cm³/mol. The van der Waals surface area contributed by atoms with Gasteiger partial charge in [-0.3, -0.25) is 29.2 Å². The van der Waals surface area contributed by atoms with Gasteiger partial charge in [0.15, 0.2) is 6.10 Å². The fourth-order valence-corrected chi connectivity index (χ4v) is 6.40. The van der Waals surface area contributed by atoms with Crippen molar-refractivity contribution in [2.45, 2.75) is 104 Å². The molecule has 242 valence electrons. The second-order valence-electron chi connectivity index (χ2n) is 14.2. The molecule has 2 aliphatic heterocycles. The molecular weight excluding hydrogens is 570 g/mol. The number of esters is 1. The van der Waals surface area contributed by atoms with Crippen molar-refractivity contribution in [3.8, 4) is 0 Å².